The van der Waals surface area contributed by atoms with E-state index < -0.39 is 11.1 Å². The molecule has 1 aromatic carbocycles. The van der Waals surface area contributed by atoms with Crippen LogP contribution < -0.4 is 29.6 Å². The van der Waals surface area contributed by atoms with E-state index in [0.29, 0.717) is 6.42 Å². The first-order valence-electron chi connectivity index (χ1n) is 3.89. The first-order chi connectivity index (χ1) is 5.79. The minimum Gasteiger partial charge on any atom is -0.772 e. The van der Waals surface area contributed by atoms with E-state index in [1.165, 1.54) is 5.56 Å². The minimum atomic E-state index is -1.89. The van der Waals surface area contributed by atoms with Crippen LogP contribution in [0.15, 0.2) is 30.3 Å². The number of benzene rings is 1. The van der Waals surface area contributed by atoms with Crippen LogP contribution >= 0.6 is 0 Å². The Hall–Kier alpha value is 0.330. The van der Waals surface area contributed by atoms with Gasteiger partial charge in [0.05, 0.1) is 0 Å². The molecule has 2 nitrogen and oxygen atoms in total. The molecule has 1 atom stereocenters. The second-order valence-corrected chi connectivity index (χ2v) is 3.61. The Bertz CT molecular complexity index is 251. The zero-order valence-corrected chi connectivity index (χ0v) is 10.5. The number of hydrogen-bond donors (Lipinski definition) is 0. The van der Waals surface area contributed by atoms with E-state index in [0.717, 1.165) is 6.42 Å². The molecule has 0 bridgehead atoms. The molecule has 0 aliphatic carbocycles. The van der Waals surface area contributed by atoms with Crippen LogP contribution in [0.3, 0.4) is 0 Å². The molecule has 0 aliphatic heterocycles. The Kier molecular flexibility index (Phi) is 7.90. The third-order valence-electron chi connectivity index (χ3n) is 1.62. The van der Waals surface area contributed by atoms with Gasteiger partial charge in [0.15, 0.2) is 0 Å². The Morgan fingerprint density at radius 3 is 2.38 bits per heavy atom. The molecule has 0 saturated carbocycles. The largest absolute Gasteiger partial charge is 1.00 e. The predicted octanol–water partition coefficient (Wildman–Crippen LogP) is -1.50. The molecule has 0 spiro atoms. The van der Waals surface area contributed by atoms with Gasteiger partial charge < -0.3 is 4.55 Å². The Balaban J connectivity index is 0.00000144. The fourth-order valence-electron chi connectivity index (χ4n) is 1.04. The topological polar surface area (TPSA) is 40.1 Å². The molecule has 13 heavy (non-hydrogen) atoms. The molecule has 0 saturated heterocycles. The fourth-order valence-corrected chi connectivity index (χ4v) is 1.42. The van der Waals surface area contributed by atoms with Crippen molar-refractivity contribution >= 4 is 11.1 Å². The van der Waals surface area contributed by atoms with Crippen molar-refractivity contribution in [2.24, 2.45) is 0 Å². The third kappa shape index (κ3) is 6.41. The Morgan fingerprint density at radius 2 is 1.85 bits per heavy atom. The van der Waals surface area contributed by atoms with Gasteiger partial charge in [-0.05, 0) is 18.4 Å². The van der Waals surface area contributed by atoms with Crippen molar-refractivity contribution in [3.05, 3.63) is 35.9 Å². The van der Waals surface area contributed by atoms with Crippen molar-refractivity contribution in [3.63, 3.8) is 0 Å². The van der Waals surface area contributed by atoms with Crippen LogP contribution in [0.25, 0.3) is 0 Å². The molecular weight excluding hydrogens is 195 g/mol. The SMILES string of the molecule is O=S([O-])CCCc1ccccc1.[Na+]. The number of aryl methyl sites for hydroxylation is 1. The monoisotopic (exact) mass is 206 g/mol. The zero-order chi connectivity index (χ0) is 8.81. The van der Waals surface area contributed by atoms with Crippen molar-refractivity contribution < 1.29 is 38.3 Å². The quantitative estimate of drug-likeness (QED) is 0.444. The molecule has 1 rings (SSSR count). The summed E-state index contributed by atoms with van der Waals surface area (Å²) < 4.78 is 20.4. The van der Waals surface area contributed by atoms with E-state index in [1.54, 1.807) is 0 Å². The summed E-state index contributed by atoms with van der Waals surface area (Å²) in [6, 6.07) is 9.89. The van der Waals surface area contributed by atoms with E-state index in [1.807, 2.05) is 30.3 Å². The molecule has 0 radical (unpaired) electrons. The van der Waals surface area contributed by atoms with E-state index in [-0.39, 0.29) is 35.3 Å². The second kappa shape index (κ2) is 7.71. The fraction of sp³-hybridized carbons (Fsp3) is 0.333. The van der Waals surface area contributed by atoms with Crippen molar-refractivity contribution in [3.8, 4) is 0 Å². The summed E-state index contributed by atoms with van der Waals surface area (Å²) in [5.74, 6) is 0.259. The van der Waals surface area contributed by atoms with E-state index in [9.17, 15) is 8.76 Å². The maximum Gasteiger partial charge on any atom is 1.00 e. The summed E-state index contributed by atoms with van der Waals surface area (Å²) >= 11 is -1.89. The van der Waals surface area contributed by atoms with Gasteiger partial charge in [0, 0.05) is 5.75 Å². The van der Waals surface area contributed by atoms with Gasteiger partial charge in [-0.3, -0.25) is 4.21 Å². The molecule has 0 aromatic heterocycles. The van der Waals surface area contributed by atoms with E-state index in [4.69, 9.17) is 0 Å². The Morgan fingerprint density at radius 1 is 1.23 bits per heavy atom. The molecule has 0 fully saturated rings. The normalized spacial score (nSPS) is 11.8. The molecule has 1 unspecified atom stereocenters. The van der Waals surface area contributed by atoms with Crippen molar-refractivity contribution in [1.82, 2.24) is 0 Å². The summed E-state index contributed by atoms with van der Waals surface area (Å²) in [6.45, 7) is 0. The van der Waals surface area contributed by atoms with Gasteiger partial charge >= 0.3 is 29.6 Å². The van der Waals surface area contributed by atoms with Crippen LogP contribution in [0.5, 0.6) is 0 Å². The molecule has 66 valence electrons. The zero-order valence-electron chi connectivity index (χ0n) is 7.73. The maximum atomic E-state index is 10.2. The van der Waals surface area contributed by atoms with E-state index in [2.05, 4.69) is 0 Å². The van der Waals surface area contributed by atoms with Gasteiger partial charge in [-0.25, -0.2) is 0 Å². The van der Waals surface area contributed by atoms with E-state index >= 15 is 0 Å². The summed E-state index contributed by atoms with van der Waals surface area (Å²) in [5, 5.41) is 0. The molecule has 0 heterocycles. The van der Waals surface area contributed by atoms with Crippen LogP contribution in [0.4, 0.5) is 0 Å². The van der Waals surface area contributed by atoms with Gasteiger partial charge in [0.1, 0.15) is 0 Å². The molecule has 0 N–H and O–H groups in total. The number of rotatable bonds is 4. The third-order valence-corrected chi connectivity index (χ3v) is 2.24. The average Bonchev–Trinajstić information content (AvgIpc) is 2.05. The maximum absolute atomic E-state index is 10.2. The molecule has 1 aromatic rings. The van der Waals surface area contributed by atoms with Crippen LogP contribution in [-0.4, -0.2) is 14.5 Å². The smallest absolute Gasteiger partial charge is 0.772 e. The first-order valence-corrected chi connectivity index (χ1v) is 5.13. The summed E-state index contributed by atoms with van der Waals surface area (Å²) in [7, 11) is 0. The van der Waals surface area contributed by atoms with Crippen LogP contribution in [0.2, 0.25) is 0 Å². The predicted molar refractivity (Wildman–Crippen MR) is 48.5 cm³/mol. The minimum absolute atomic E-state index is 0. The summed E-state index contributed by atoms with van der Waals surface area (Å²) in [5.41, 5.74) is 1.20. The Labute approximate surface area is 103 Å². The van der Waals surface area contributed by atoms with Crippen molar-refractivity contribution in [1.29, 1.82) is 0 Å². The van der Waals surface area contributed by atoms with Crippen molar-refractivity contribution in [2.75, 3.05) is 5.75 Å². The number of hydrogen-bond acceptors (Lipinski definition) is 2. The van der Waals surface area contributed by atoms with Crippen LogP contribution in [0, 0.1) is 0 Å². The van der Waals surface area contributed by atoms with Gasteiger partial charge in [-0.1, -0.05) is 41.4 Å². The standard InChI is InChI=1S/C9H12O2S.Na/c10-12(11)8-4-7-9-5-2-1-3-6-9;/h1-3,5-6H,4,7-8H2,(H,10,11);/q;+1/p-1. The molecular formula is C9H11NaO2S. The molecule has 0 aliphatic rings. The van der Waals surface area contributed by atoms with Crippen LogP contribution in [-0.2, 0) is 17.5 Å². The van der Waals surface area contributed by atoms with Gasteiger partial charge in [0.2, 0.25) is 0 Å². The van der Waals surface area contributed by atoms with Crippen molar-refractivity contribution in [2.45, 2.75) is 12.8 Å². The van der Waals surface area contributed by atoms with Gasteiger partial charge in [-0.15, -0.1) is 0 Å². The summed E-state index contributed by atoms with van der Waals surface area (Å²) in [4.78, 5) is 0. The van der Waals surface area contributed by atoms with Crippen LogP contribution in [0.1, 0.15) is 12.0 Å². The molecule has 0 amide bonds. The van der Waals surface area contributed by atoms with Gasteiger partial charge in [-0.2, -0.15) is 0 Å². The molecule has 4 heteroatoms. The second-order valence-electron chi connectivity index (χ2n) is 2.60. The van der Waals surface area contributed by atoms with Gasteiger partial charge in [0.25, 0.3) is 0 Å². The average molecular weight is 206 g/mol. The summed E-state index contributed by atoms with van der Waals surface area (Å²) in [6.07, 6.45) is 1.55. The first kappa shape index (κ1) is 13.3.